The highest BCUT2D eigenvalue weighted by Gasteiger charge is 2.27. The first-order valence-corrected chi connectivity index (χ1v) is 8.00. The maximum atomic E-state index is 12.4. The Kier molecular flexibility index (Phi) is 4.64. The Labute approximate surface area is 135 Å². The first-order chi connectivity index (χ1) is 11.1. The van der Waals surface area contributed by atoms with Crippen molar-refractivity contribution in [1.29, 1.82) is 0 Å². The summed E-state index contributed by atoms with van der Waals surface area (Å²) in [6.45, 7) is 6.15. The first kappa shape index (κ1) is 15.6. The summed E-state index contributed by atoms with van der Waals surface area (Å²) >= 11 is 0. The van der Waals surface area contributed by atoms with Crippen molar-refractivity contribution in [2.75, 3.05) is 50.8 Å². The van der Waals surface area contributed by atoms with Crippen molar-refractivity contribution >= 4 is 17.7 Å². The Hall–Kier alpha value is -2.31. The molecule has 7 heteroatoms. The van der Waals surface area contributed by atoms with E-state index in [4.69, 9.17) is 4.74 Å². The Balaban J connectivity index is 1.59. The third-order valence-corrected chi connectivity index (χ3v) is 4.35. The van der Waals surface area contributed by atoms with Crippen molar-refractivity contribution in [2.45, 2.75) is 13.3 Å². The summed E-state index contributed by atoms with van der Waals surface area (Å²) in [5, 5.41) is 0. The van der Waals surface area contributed by atoms with Gasteiger partial charge in [0.1, 0.15) is 13.2 Å². The number of pyridine rings is 1. The average molecular weight is 318 g/mol. The molecule has 2 amide bonds. The summed E-state index contributed by atoms with van der Waals surface area (Å²) in [4.78, 5) is 33.6. The van der Waals surface area contributed by atoms with Gasteiger partial charge in [0, 0.05) is 44.3 Å². The van der Waals surface area contributed by atoms with E-state index in [9.17, 15) is 9.59 Å². The van der Waals surface area contributed by atoms with Crippen LogP contribution in [0.25, 0.3) is 0 Å². The van der Waals surface area contributed by atoms with Crippen molar-refractivity contribution in [3.63, 3.8) is 0 Å². The lowest BCUT2D eigenvalue weighted by atomic mass is 10.2. The van der Waals surface area contributed by atoms with Crippen molar-refractivity contribution in [3.8, 4) is 0 Å². The number of aryl methyl sites for hydroxylation is 1. The molecule has 124 valence electrons. The lowest BCUT2D eigenvalue weighted by molar-refractivity contribution is -0.131. The van der Waals surface area contributed by atoms with Crippen molar-refractivity contribution in [3.05, 3.63) is 24.0 Å². The fourth-order valence-corrected chi connectivity index (χ4v) is 3.06. The van der Waals surface area contributed by atoms with Gasteiger partial charge in [-0.1, -0.05) is 0 Å². The molecule has 2 saturated heterocycles. The van der Waals surface area contributed by atoms with E-state index in [1.165, 1.54) is 10.6 Å². The zero-order valence-corrected chi connectivity index (χ0v) is 13.4. The molecule has 2 aliphatic rings. The van der Waals surface area contributed by atoms with Gasteiger partial charge in [0.2, 0.25) is 5.91 Å². The number of aromatic nitrogens is 1. The predicted octanol–water partition coefficient (Wildman–Crippen LogP) is 0.881. The van der Waals surface area contributed by atoms with Gasteiger partial charge in [-0.15, -0.1) is 0 Å². The second-order valence-corrected chi connectivity index (χ2v) is 5.92. The number of hydrogen-bond acceptors (Lipinski definition) is 5. The SMILES string of the molecule is Cc1cnccc1N1CCCN(C(=O)CN2CCOC2=O)CC1. The van der Waals surface area contributed by atoms with E-state index in [1.54, 1.807) is 6.20 Å². The van der Waals surface area contributed by atoms with Gasteiger partial charge in [-0.05, 0) is 25.0 Å². The molecule has 0 saturated carbocycles. The molecule has 0 radical (unpaired) electrons. The number of cyclic esters (lactones) is 1. The van der Waals surface area contributed by atoms with Gasteiger partial charge >= 0.3 is 6.09 Å². The summed E-state index contributed by atoms with van der Waals surface area (Å²) < 4.78 is 4.87. The number of carbonyl (C=O) groups is 2. The average Bonchev–Trinajstić information content (AvgIpc) is 2.81. The largest absolute Gasteiger partial charge is 0.448 e. The number of amides is 2. The van der Waals surface area contributed by atoms with Gasteiger partial charge in [0.15, 0.2) is 0 Å². The predicted molar refractivity (Wildman–Crippen MR) is 85.3 cm³/mol. The maximum absolute atomic E-state index is 12.4. The van der Waals surface area contributed by atoms with Crippen molar-refractivity contribution < 1.29 is 14.3 Å². The number of ether oxygens (including phenoxy) is 1. The maximum Gasteiger partial charge on any atom is 0.410 e. The third kappa shape index (κ3) is 3.55. The molecule has 3 rings (SSSR count). The third-order valence-electron chi connectivity index (χ3n) is 4.35. The molecule has 0 spiro atoms. The van der Waals surface area contributed by atoms with Crippen LogP contribution in [0.1, 0.15) is 12.0 Å². The number of rotatable bonds is 3. The monoisotopic (exact) mass is 318 g/mol. The van der Waals surface area contributed by atoms with Crippen LogP contribution in [-0.2, 0) is 9.53 Å². The first-order valence-electron chi connectivity index (χ1n) is 8.00. The lowest BCUT2D eigenvalue weighted by Gasteiger charge is -2.25. The molecule has 1 aromatic rings. The molecule has 0 atom stereocenters. The molecule has 2 aliphatic heterocycles. The van der Waals surface area contributed by atoms with E-state index in [2.05, 4.69) is 16.8 Å². The van der Waals surface area contributed by atoms with Gasteiger partial charge in [0.25, 0.3) is 0 Å². The molecule has 2 fully saturated rings. The fourth-order valence-electron chi connectivity index (χ4n) is 3.06. The molecular formula is C16H22N4O3. The van der Waals surface area contributed by atoms with Gasteiger partial charge < -0.3 is 14.5 Å². The lowest BCUT2D eigenvalue weighted by Crippen LogP contribution is -2.42. The van der Waals surface area contributed by atoms with E-state index in [0.29, 0.717) is 19.7 Å². The topological polar surface area (TPSA) is 66.0 Å². The molecule has 1 aromatic heterocycles. The molecule has 0 aliphatic carbocycles. The summed E-state index contributed by atoms with van der Waals surface area (Å²) in [7, 11) is 0. The molecule has 0 bridgehead atoms. The number of carbonyl (C=O) groups excluding carboxylic acids is 2. The minimum Gasteiger partial charge on any atom is -0.448 e. The summed E-state index contributed by atoms with van der Waals surface area (Å²) in [5.74, 6) is -0.00264. The van der Waals surface area contributed by atoms with Gasteiger partial charge in [0.05, 0.1) is 6.54 Å². The molecule has 3 heterocycles. The van der Waals surface area contributed by atoms with Crippen LogP contribution in [-0.4, -0.2) is 72.7 Å². The summed E-state index contributed by atoms with van der Waals surface area (Å²) in [6, 6.07) is 2.02. The van der Waals surface area contributed by atoms with Crippen LogP contribution < -0.4 is 4.90 Å². The van der Waals surface area contributed by atoms with E-state index in [-0.39, 0.29) is 18.5 Å². The normalized spacial score (nSPS) is 18.8. The number of hydrogen-bond donors (Lipinski definition) is 0. The quantitative estimate of drug-likeness (QED) is 0.828. The zero-order chi connectivity index (χ0) is 16.2. The summed E-state index contributed by atoms with van der Waals surface area (Å²) in [5.41, 5.74) is 2.32. The van der Waals surface area contributed by atoms with Crippen LogP contribution in [0.2, 0.25) is 0 Å². The van der Waals surface area contributed by atoms with Gasteiger partial charge in [-0.2, -0.15) is 0 Å². The summed E-state index contributed by atoms with van der Waals surface area (Å²) in [6.07, 6.45) is 4.19. The van der Waals surface area contributed by atoms with Gasteiger partial charge in [-0.3, -0.25) is 14.7 Å². The Morgan fingerprint density at radius 3 is 2.87 bits per heavy atom. The highest BCUT2D eigenvalue weighted by molar-refractivity contribution is 5.83. The molecule has 23 heavy (non-hydrogen) atoms. The minimum absolute atomic E-state index is 0.00264. The van der Waals surface area contributed by atoms with E-state index >= 15 is 0 Å². The zero-order valence-electron chi connectivity index (χ0n) is 13.4. The smallest absolute Gasteiger partial charge is 0.410 e. The molecular weight excluding hydrogens is 296 g/mol. The highest BCUT2D eigenvalue weighted by Crippen LogP contribution is 2.20. The van der Waals surface area contributed by atoms with Crippen molar-refractivity contribution in [1.82, 2.24) is 14.8 Å². The van der Waals surface area contributed by atoms with Crippen LogP contribution in [0.4, 0.5) is 10.5 Å². The van der Waals surface area contributed by atoms with Crippen LogP contribution in [0.15, 0.2) is 18.5 Å². The van der Waals surface area contributed by atoms with Crippen LogP contribution in [0, 0.1) is 6.92 Å². The Morgan fingerprint density at radius 1 is 1.26 bits per heavy atom. The van der Waals surface area contributed by atoms with E-state index < -0.39 is 0 Å². The molecule has 0 aromatic carbocycles. The van der Waals surface area contributed by atoms with Crippen LogP contribution in [0.5, 0.6) is 0 Å². The van der Waals surface area contributed by atoms with E-state index in [1.807, 2.05) is 17.2 Å². The number of nitrogens with zero attached hydrogens (tertiary/aromatic N) is 4. The molecule has 0 N–H and O–H groups in total. The Bertz CT molecular complexity index is 592. The molecule has 0 unspecified atom stereocenters. The minimum atomic E-state index is -0.387. The Morgan fingerprint density at radius 2 is 2.13 bits per heavy atom. The standard InChI is InChI=1S/C16H22N4O3/c1-13-11-17-4-3-14(13)18-5-2-6-19(8-7-18)15(21)12-20-9-10-23-16(20)22/h3-4,11H,2,5-10,12H2,1H3. The van der Waals surface area contributed by atoms with Gasteiger partial charge in [-0.25, -0.2) is 4.79 Å². The number of anilines is 1. The second kappa shape index (κ2) is 6.85. The highest BCUT2D eigenvalue weighted by atomic mass is 16.6. The van der Waals surface area contributed by atoms with E-state index in [0.717, 1.165) is 31.6 Å². The van der Waals surface area contributed by atoms with Crippen LogP contribution >= 0.6 is 0 Å². The fraction of sp³-hybridized carbons (Fsp3) is 0.562. The second-order valence-electron chi connectivity index (χ2n) is 5.92. The van der Waals surface area contributed by atoms with Crippen molar-refractivity contribution in [2.24, 2.45) is 0 Å². The molecule has 7 nitrogen and oxygen atoms in total. The van der Waals surface area contributed by atoms with Crippen LogP contribution in [0.3, 0.4) is 0 Å².